The Labute approximate surface area is 96.6 Å². The number of carbonyl (C=O) groups excluding carboxylic acids is 1. The molecule has 1 aromatic rings. The summed E-state index contributed by atoms with van der Waals surface area (Å²) in [5.41, 5.74) is 7.77. The average Bonchev–Trinajstić information content (AvgIpc) is 2.23. The molecule has 0 aromatic heterocycles. The first-order valence-corrected chi connectivity index (χ1v) is 5.66. The number of rotatable bonds is 6. The maximum Gasteiger partial charge on any atom is 0.302 e. The zero-order valence-corrected chi connectivity index (χ0v) is 9.74. The van der Waals surface area contributed by atoms with Gasteiger partial charge >= 0.3 is 5.97 Å². The number of hydrogen-bond donors (Lipinski definition) is 1. The summed E-state index contributed by atoms with van der Waals surface area (Å²) < 4.78 is 4.85. The summed E-state index contributed by atoms with van der Waals surface area (Å²) in [4.78, 5) is 10.5. The van der Waals surface area contributed by atoms with Gasteiger partial charge in [0.1, 0.15) is 0 Å². The normalized spacial score (nSPS) is 10.1. The second-order valence-electron chi connectivity index (χ2n) is 3.90. The van der Waals surface area contributed by atoms with Gasteiger partial charge < -0.3 is 10.5 Å². The predicted molar refractivity (Wildman–Crippen MR) is 65.0 cm³/mol. The number of aryl methyl sites for hydroxylation is 1. The molecule has 88 valence electrons. The second kappa shape index (κ2) is 6.88. The average molecular weight is 221 g/mol. The third kappa shape index (κ3) is 5.39. The highest BCUT2D eigenvalue weighted by atomic mass is 16.5. The van der Waals surface area contributed by atoms with Crippen molar-refractivity contribution in [3.8, 4) is 0 Å². The molecule has 0 heterocycles. The van der Waals surface area contributed by atoms with Crippen molar-refractivity contribution in [1.82, 2.24) is 0 Å². The monoisotopic (exact) mass is 221 g/mol. The molecule has 0 atom stereocenters. The highest BCUT2D eigenvalue weighted by molar-refractivity contribution is 5.65. The molecule has 0 aliphatic heterocycles. The van der Waals surface area contributed by atoms with E-state index in [1.165, 1.54) is 12.5 Å². The fourth-order valence-corrected chi connectivity index (χ4v) is 1.57. The number of benzene rings is 1. The van der Waals surface area contributed by atoms with Crippen LogP contribution in [-0.4, -0.2) is 12.6 Å². The minimum Gasteiger partial charge on any atom is -0.466 e. The van der Waals surface area contributed by atoms with Gasteiger partial charge in [-0.25, -0.2) is 0 Å². The highest BCUT2D eigenvalue weighted by Crippen LogP contribution is 2.10. The summed E-state index contributed by atoms with van der Waals surface area (Å²) in [5.74, 6) is -0.198. The van der Waals surface area contributed by atoms with Crippen LogP contribution < -0.4 is 5.73 Å². The Balaban J connectivity index is 2.09. The van der Waals surface area contributed by atoms with Crippen LogP contribution in [0, 0.1) is 0 Å². The number of ether oxygens (including phenoxy) is 1. The zero-order chi connectivity index (χ0) is 11.8. The molecule has 0 bridgehead atoms. The molecule has 2 N–H and O–H groups in total. The number of hydrogen-bond acceptors (Lipinski definition) is 3. The lowest BCUT2D eigenvalue weighted by Gasteiger charge is -2.03. The first-order valence-electron chi connectivity index (χ1n) is 5.66. The molecule has 0 saturated carbocycles. The van der Waals surface area contributed by atoms with Crippen molar-refractivity contribution in [2.45, 2.75) is 32.6 Å². The van der Waals surface area contributed by atoms with Crippen molar-refractivity contribution in [3.05, 3.63) is 29.8 Å². The van der Waals surface area contributed by atoms with E-state index in [0.29, 0.717) is 6.61 Å². The van der Waals surface area contributed by atoms with Gasteiger partial charge in [0.15, 0.2) is 0 Å². The molecular formula is C13H19NO2. The molecule has 0 saturated heterocycles. The molecule has 3 heteroatoms. The Bertz CT molecular complexity index is 336. The molecule has 0 unspecified atom stereocenters. The first-order chi connectivity index (χ1) is 7.68. The molecule has 0 spiro atoms. The maximum atomic E-state index is 10.5. The molecule has 1 aromatic carbocycles. The van der Waals surface area contributed by atoms with Gasteiger partial charge in [-0.15, -0.1) is 0 Å². The minimum atomic E-state index is -0.198. The van der Waals surface area contributed by atoms with Crippen molar-refractivity contribution in [3.63, 3.8) is 0 Å². The Hall–Kier alpha value is -1.51. The fourth-order valence-electron chi connectivity index (χ4n) is 1.57. The standard InChI is InChI=1S/C13H19NO2/c1-11(15)16-9-4-2-3-6-12-7-5-8-13(14)10-12/h5,7-8,10H,2-4,6,9,14H2,1H3. The Morgan fingerprint density at radius 2 is 2.12 bits per heavy atom. The van der Waals surface area contributed by atoms with Crippen molar-refractivity contribution in [2.75, 3.05) is 12.3 Å². The molecule has 1 rings (SSSR count). The van der Waals surface area contributed by atoms with Crippen LogP contribution in [0.3, 0.4) is 0 Å². The van der Waals surface area contributed by atoms with Crippen LogP contribution in [0.25, 0.3) is 0 Å². The zero-order valence-electron chi connectivity index (χ0n) is 9.74. The fraction of sp³-hybridized carbons (Fsp3) is 0.462. The van der Waals surface area contributed by atoms with Gasteiger partial charge in [-0.3, -0.25) is 4.79 Å². The van der Waals surface area contributed by atoms with Crippen molar-refractivity contribution in [2.24, 2.45) is 0 Å². The van der Waals surface area contributed by atoms with Crippen LogP contribution >= 0.6 is 0 Å². The molecular weight excluding hydrogens is 202 g/mol. The number of carbonyl (C=O) groups is 1. The Morgan fingerprint density at radius 3 is 2.81 bits per heavy atom. The van der Waals surface area contributed by atoms with Crippen molar-refractivity contribution < 1.29 is 9.53 Å². The van der Waals surface area contributed by atoms with E-state index in [0.717, 1.165) is 31.4 Å². The molecule has 0 radical (unpaired) electrons. The van der Waals surface area contributed by atoms with Gasteiger partial charge in [0.2, 0.25) is 0 Å². The molecule has 0 aliphatic rings. The molecule has 0 fully saturated rings. The van der Waals surface area contributed by atoms with E-state index < -0.39 is 0 Å². The van der Waals surface area contributed by atoms with Crippen molar-refractivity contribution >= 4 is 11.7 Å². The van der Waals surface area contributed by atoms with Crippen LogP contribution in [0.2, 0.25) is 0 Å². The molecule has 3 nitrogen and oxygen atoms in total. The van der Waals surface area contributed by atoms with Gasteiger partial charge in [-0.1, -0.05) is 12.1 Å². The van der Waals surface area contributed by atoms with Gasteiger partial charge in [-0.05, 0) is 43.4 Å². The predicted octanol–water partition coefficient (Wildman–Crippen LogP) is 2.54. The van der Waals surface area contributed by atoms with Gasteiger partial charge in [-0.2, -0.15) is 0 Å². The van der Waals surface area contributed by atoms with Crippen LogP contribution in [-0.2, 0) is 16.0 Å². The quantitative estimate of drug-likeness (QED) is 0.456. The summed E-state index contributed by atoms with van der Waals surface area (Å²) >= 11 is 0. The summed E-state index contributed by atoms with van der Waals surface area (Å²) in [5, 5.41) is 0. The summed E-state index contributed by atoms with van der Waals surface area (Å²) in [6.45, 7) is 1.97. The Kier molecular flexibility index (Phi) is 5.40. The SMILES string of the molecule is CC(=O)OCCCCCc1cccc(N)c1. The second-order valence-corrected chi connectivity index (χ2v) is 3.90. The van der Waals surface area contributed by atoms with E-state index in [4.69, 9.17) is 10.5 Å². The van der Waals surface area contributed by atoms with E-state index in [1.807, 2.05) is 18.2 Å². The van der Waals surface area contributed by atoms with Gasteiger partial charge in [0, 0.05) is 12.6 Å². The van der Waals surface area contributed by atoms with Crippen LogP contribution in [0.4, 0.5) is 5.69 Å². The topological polar surface area (TPSA) is 52.3 Å². The van der Waals surface area contributed by atoms with E-state index in [9.17, 15) is 4.79 Å². The Morgan fingerprint density at radius 1 is 1.31 bits per heavy atom. The van der Waals surface area contributed by atoms with Gasteiger partial charge in [0.05, 0.1) is 6.61 Å². The smallest absolute Gasteiger partial charge is 0.302 e. The minimum absolute atomic E-state index is 0.198. The summed E-state index contributed by atoms with van der Waals surface area (Å²) in [6.07, 6.45) is 4.14. The lowest BCUT2D eigenvalue weighted by Crippen LogP contribution is -2.00. The van der Waals surface area contributed by atoms with Gasteiger partial charge in [0.25, 0.3) is 0 Å². The number of unbranched alkanes of at least 4 members (excludes halogenated alkanes) is 2. The number of anilines is 1. The third-order valence-corrected chi connectivity index (χ3v) is 2.37. The molecule has 16 heavy (non-hydrogen) atoms. The third-order valence-electron chi connectivity index (χ3n) is 2.37. The van der Waals surface area contributed by atoms with E-state index in [-0.39, 0.29) is 5.97 Å². The van der Waals surface area contributed by atoms with Crippen molar-refractivity contribution in [1.29, 1.82) is 0 Å². The summed E-state index contributed by atoms with van der Waals surface area (Å²) in [6, 6.07) is 7.96. The van der Waals surface area contributed by atoms with E-state index >= 15 is 0 Å². The van der Waals surface area contributed by atoms with Crippen LogP contribution in [0.15, 0.2) is 24.3 Å². The highest BCUT2D eigenvalue weighted by Gasteiger charge is 1.96. The largest absolute Gasteiger partial charge is 0.466 e. The first kappa shape index (κ1) is 12.6. The molecule has 0 amide bonds. The number of esters is 1. The summed E-state index contributed by atoms with van der Waals surface area (Å²) in [7, 11) is 0. The van der Waals surface area contributed by atoms with Crippen LogP contribution in [0.5, 0.6) is 0 Å². The van der Waals surface area contributed by atoms with E-state index in [1.54, 1.807) is 0 Å². The molecule has 0 aliphatic carbocycles. The van der Waals surface area contributed by atoms with Crippen LogP contribution in [0.1, 0.15) is 31.7 Å². The number of nitrogens with two attached hydrogens (primary N) is 1. The maximum absolute atomic E-state index is 10.5. The number of nitrogen functional groups attached to an aromatic ring is 1. The van der Waals surface area contributed by atoms with E-state index in [2.05, 4.69) is 6.07 Å². The lowest BCUT2D eigenvalue weighted by molar-refractivity contribution is -0.141. The lowest BCUT2D eigenvalue weighted by atomic mass is 10.1.